The first-order valence-electron chi connectivity index (χ1n) is 14.0. The zero-order valence-corrected chi connectivity index (χ0v) is 23.8. The summed E-state index contributed by atoms with van der Waals surface area (Å²) in [5.41, 5.74) is 3.42. The maximum absolute atomic E-state index is 13.5. The molecule has 2 fully saturated rings. The van der Waals surface area contributed by atoms with Gasteiger partial charge < -0.3 is 19.4 Å². The first-order chi connectivity index (χ1) is 19.1. The van der Waals surface area contributed by atoms with Crippen LogP contribution in [0, 0.1) is 6.92 Å². The van der Waals surface area contributed by atoms with Crippen molar-refractivity contribution in [1.82, 2.24) is 19.4 Å². The van der Waals surface area contributed by atoms with E-state index in [0.29, 0.717) is 55.4 Å². The third-order valence-electron chi connectivity index (χ3n) is 8.62. The van der Waals surface area contributed by atoms with Gasteiger partial charge in [-0.25, -0.2) is 4.98 Å². The number of aromatic nitrogens is 3. The molecule has 0 unspecified atom stereocenters. The van der Waals surface area contributed by atoms with E-state index in [2.05, 4.69) is 9.88 Å². The Kier molecular flexibility index (Phi) is 6.40. The lowest BCUT2D eigenvalue weighted by atomic mass is 9.90. The molecule has 0 spiro atoms. The Balaban J connectivity index is 1.20. The molecule has 1 saturated carbocycles. The van der Waals surface area contributed by atoms with Crippen molar-refractivity contribution >= 4 is 34.1 Å². The molecule has 2 aliphatic heterocycles. The summed E-state index contributed by atoms with van der Waals surface area (Å²) >= 11 is 0. The van der Waals surface area contributed by atoms with Crippen LogP contribution in [-0.4, -0.2) is 77.2 Å². The average Bonchev–Trinajstić information content (AvgIpc) is 3.78. The molecule has 0 bridgehead atoms. The SMILES string of the molecule is Cc1nc2cc(N3CCO[C@@H](C(=O)N(C)C4CC4)C3)ccc2c(=O)n1CCc1cnc2c(c1)N(C)C(=O)C2(C)C. The van der Waals surface area contributed by atoms with Crippen LogP contribution in [0.15, 0.2) is 35.3 Å². The van der Waals surface area contributed by atoms with Gasteiger partial charge >= 0.3 is 0 Å². The summed E-state index contributed by atoms with van der Waals surface area (Å²) in [6.45, 7) is 7.71. The maximum atomic E-state index is 13.5. The topological polar surface area (TPSA) is 101 Å². The normalized spacial score (nSPS) is 20.2. The summed E-state index contributed by atoms with van der Waals surface area (Å²) < 4.78 is 7.52. The molecule has 210 valence electrons. The van der Waals surface area contributed by atoms with Gasteiger partial charge in [-0.15, -0.1) is 0 Å². The second-order valence-corrected chi connectivity index (χ2v) is 11.8. The minimum atomic E-state index is -0.637. The van der Waals surface area contributed by atoms with E-state index in [1.165, 1.54) is 0 Å². The van der Waals surface area contributed by atoms with E-state index >= 15 is 0 Å². The molecule has 3 aromatic rings. The highest BCUT2D eigenvalue weighted by Crippen LogP contribution is 2.39. The van der Waals surface area contributed by atoms with Crippen molar-refractivity contribution < 1.29 is 14.3 Å². The molecular formula is C30H36N6O4. The molecule has 0 N–H and O–H groups in total. The van der Waals surface area contributed by atoms with Crippen LogP contribution >= 0.6 is 0 Å². The number of rotatable bonds is 6. The minimum absolute atomic E-state index is 0.0297. The molecule has 4 heterocycles. The van der Waals surface area contributed by atoms with Gasteiger partial charge in [0, 0.05) is 45.1 Å². The van der Waals surface area contributed by atoms with Crippen LogP contribution in [-0.2, 0) is 32.7 Å². The fourth-order valence-corrected chi connectivity index (χ4v) is 5.92. The number of amides is 2. The van der Waals surface area contributed by atoms with Gasteiger partial charge in [-0.3, -0.25) is 23.9 Å². The molecule has 2 aromatic heterocycles. The number of ether oxygens (including phenoxy) is 1. The number of likely N-dealkylation sites (N-methyl/N-ethyl adjacent to an activating group) is 2. The number of carbonyl (C=O) groups is 2. The Morgan fingerprint density at radius 3 is 2.73 bits per heavy atom. The summed E-state index contributed by atoms with van der Waals surface area (Å²) in [5, 5.41) is 0.558. The highest BCUT2D eigenvalue weighted by molar-refractivity contribution is 6.06. The number of carbonyl (C=O) groups excluding carboxylic acids is 2. The second kappa shape index (κ2) is 9.69. The Morgan fingerprint density at radius 2 is 1.98 bits per heavy atom. The van der Waals surface area contributed by atoms with Gasteiger partial charge in [-0.1, -0.05) is 0 Å². The molecule has 0 radical (unpaired) electrons. The monoisotopic (exact) mass is 544 g/mol. The number of aryl methyl sites for hydroxylation is 2. The molecule has 10 heteroatoms. The molecule has 1 saturated heterocycles. The van der Waals surface area contributed by atoms with Gasteiger partial charge in [0.05, 0.1) is 40.9 Å². The van der Waals surface area contributed by atoms with Gasteiger partial charge in [0.15, 0.2) is 6.10 Å². The standard InChI is InChI=1S/C30H36N6O4/c1-18-32-23-15-21(35-12-13-40-25(17-35)28(38)33(4)20-6-7-20)8-9-22(23)27(37)36(18)11-10-19-14-24-26(31-16-19)30(2,3)29(39)34(24)5/h8-9,14-16,20,25H,6-7,10-13,17H2,1-5H3/t25-/m1/s1. The van der Waals surface area contributed by atoms with Gasteiger partial charge in [0.2, 0.25) is 5.91 Å². The molecule has 2 amide bonds. The number of pyridine rings is 1. The zero-order chi connectivity index (χ0) is 28.3. The summed E-state index contributed by atoms with van der Waals surface area (Å²) in [4.78, 5) is 54.0. The van der Waals surface area contributed by atoms with E-state index in [4.69, 9.17) is 9.72 Å². The van der Waals surface area contributed by atoms with Crippen LogP contribution in [0.2, 0.25) is 0 Å². The van der Waals surface area contributed by atoms with Crippen LogP contribution in [0.25, 0.3) is 10.9 Å². The first-order valence-corrected chi connectivity index (χ1v) is 14.0. The maximum Gasteiger partial charge on any atom is 0.261 e. The Bertz CT molecular complexity index is 1580. The lowest BCUT2D eigenvalue weighted by Gasteiger charge is -2.35. The highest BCUT2D eigenvalue weighted by atomic mass is 16.5. The van der Waals surface area contributed by atoms with Crippen molar-refractivity contribution in [3.05, 3.63) is 57.9 Å². The summed E-state index contributed by atoms with van der Waals surface area (Å²) in [7, 11) is 3.64. The first kappa shape index (κ1) is 26.4. The number of benzene rings is 1. The van der Waals surface area contributed by atoms with Crippen molar-refractivity contribution in [2.75, 3.05) is 43.6 Å². The highest BCUT2D eigenvalue weighted by Gasteiger charge is 2.43. The van der Waals surface area contributed by atoms with E-state index in [9.17, 15) is 14.4 Å². The number of fused-ring (bicyclic) bond motifs is 2. The number of hydrogen-bond donors (Lipinski definition) is 0. The van der Waals surface area contributed by atoms with E-state index in [0.717, 1.165) is 35.5 Å². The van der Waals surface area contributed by atoms with Gasteiger partial charge in [-0.05, 0) is 69.9 Å². The predicted octanol–water partition coefficient (Wildman–Crippen LogP) is 2.42. The van der Waals surface area contributed by atoms with E-state index in [1.54, 1.807) is 22.7 Å². The predicted molar refractivity (Wildman–Crippen MR) is 153 cm³/mol. The molecular weight excluding hydrogens is 508 g/mol. The van der Waals surface area contributed by atoms with Gasteiger partial charge in [0.1, 0.15) is 5.82 Å². The van der Waals surface area contributed by atoms with Crippen molar-refractivity contribution in [2.24, 2.45) is 0 Å². The largest absolute Gasteiger partial charge is 0.366 e. The van der Waals surface area contributed by atoms with E-state index < -0.39 is 11.5 Å². The molecule has 1 atom stereocenters. The summed E-state index contributed by atoms with van der Waals surface area (Å²) in [6.07, 6.45) is 4.03. The van der Waals surface area contributed by atoms with Gasteiger partial charge in [-0.2, -0.15) is 0 Å². The number of hydrogen-bond acceptors (Lipinski definition) is 7. The fourth-order valence-electron chi connectivity index (χ4n) is 5.92. The number of anilines is 2. The molecule has 10 nitrogen and oxygen atoms in total. The lowest BCUT2D eigenvalue weighted by Crippen LogP contribution is -2.50. The van der Waals surface area contributed by atoms with Crippen molar-refractivity contribution in [1.29, 1.82) is 0 Å². The van der Waals surface area contributed by atoms with Crippen LogP contribution in [0.4, 0.5) is 11.4 Å². The van der Waals surface area contributed by atoms with Crippen LogP contribution in [0.5, 0.6) is 0 Å². The Hall–Kier alpha value is -3.79. The van der Waals surface area contributed by atoms with Crippen LogP contribution < -0.4 is 15.4 Å². The van der Waals surface area contributed by atoms with Crippen molar-refractivity contribution in [3.63, 3.8) is 0 Å². The average molecular weight is 545 g/mol. The third-order valence-corrected chi connectivity index (χ3v) is 8.62. The Morgan fingerprint density at radius 1 is 1.20 bits per heavy atom. The summed E-state index contributed by atoms with van der Waals surface area (Å²) in [5.74, 6) is 0.700. The van der Waals surface area contributed by atoms with E-state index in [-0.39, 0.29) is 17.4 Å². The molecule has 40 heavy (non-hydrogen) atoms. The second-order valence-electron chi connectivity index (χ2n) is 11.8. The lowest BCUT2D eigenvalue weighted by molar-refractivity contribution is -0.143. The van der Waals surface area contributed by atoms with E-state index in [1.807, 2.05) is 57.0 Å². The summed E-state index contributed by atoms with van der Waals surface area (Å²) in [6, 6.07) is 8.04. The smallest absolute Gasteiger partial charge is 0.261 e. The third kappa shape index (κ3) is 4.44. The zero-order valence-electron chi connectivity index (χ0n) is 23.8. The Labute approximate surface area is 233 Å². The number of nitrogens with zero attached hydrogens (tertiary/aromatic N) is 6. The van der Waals surface area contributed by atoms with Crippen LogP contribution in [0.3, 0.4) is 0 Å². The molecule has 3 aliphatic rings. The molecule has 6 rings (SSSR count). The van der Waals surface area contributed by atoms with Crippen molar-refractivity contribution in [2.45, 2.75) is 64.1 Å². The number of morpholine rings is 1. The molecule has 1 aliphatic carbocycles. The molecule has 1 aromatic carbocycles. The fraction of sp³-hybridized carbons (Fsp3) is 0.500. The minimum Gasteiger partial charge on any atom is -0.366 e. The quantitative estimate of drug-likeness (QED) is 0.470. The van der Waals surface area contributed by atoms with Crippen LogP contribution in [0.1, 0.15) is 43.8 Å². The van der Waals surface area contributed by atoms with Crippen molar-refractivity contribution in [3.8, 4) is 0 Å². The van der Waals surface area contributed by atoms with Gasteiger partial charge in [0.25, 0.3) is 11.5 Å².